The number of aromatic amines is 1. The second-order valence-electron chi connectivity index (χ2n) is 9.99. The summed E-state index contributed by atoms with van der Waals surface area (Å²) in [7, 11) is 2.23. The van der Waals surface area contributed by atoms with Crippen molar-refractivity contribution in [2.75, 3.05) is 20.1 Å². The number of imidazole rings is 1. The minimum absolute atomic E-state index is 0.107. The van der Waals surface area contributed by atoms with Crippen molar-refractivity contribution in [1.82, 2.24) is 14.9 Å². The lowest BCUT2D eigenvalue weighted by Crippen LogP contribution is -2.28. The molecule has 1 aliphatic rings. The van der Waals surface area contributed by atoms with Gasteiger partial charge in [0.05, 0.1) is 11.0 Å². The van der Waals surface area contributed by atoms with Crippen LogP contribution in [-0.2, 0) is 12.8 Å². The molecule has 3 nitrogen and oxygen atoms in total. The molecule has 1 aliphatic carbocycles. The molecule has 1 atom stereocenters. The number of fused-ring (bicyclic) bond motifs is 2. The maximum atomic E-state index is 13.7. The highest BCUT2D eigenvalue weighted by atomic mass is 19.1. The van der Waals surface area contributed by atoms with Gasteiger partial charge in [0.2, 0.25) is 0 Å². The van der Waals surface area contributed by atoms with Crippen LogP contribution in [-0.4, -0.2) is 35.0 Å². The van der Waals surface area contributed by atoms with Gasteiger partial charge in [0.25, 0.3) is 0 Å². The molecule has 0 spiro atoms. The van der Waals surface area contributed by atoms with E-state index in [1.165, 1.54) is 27.8 Å². The third-order valence-electron chi connectivity index (χ3n) is 7.13. The Morgan fingerprint density at radius 3 is 2.59 bits per heavy atom. The average Bonchev–Trinajstić information content (AvgIpc) is 3.19. The lowest BCUT2D eigenvalue weighted by atomic mass is 9.69. The molecule has 0 saturated heterocycles. The summed E-state index contributed by atoms with van der Waals surface area (Å²) in [5.74, 6) is 3.61. The Morgan fingerprint density at radius 1 is 1.06 bits per heavy atom. The monoisotopic (exact) mass is 434 g/mol. The van der Waals surface area contributed by atoms with Crippen molar-refractivity contribution >= 4 is 11.0 Å². The fourth-order valence-electron chi connectivity index (χ4n) is 5.36. The van der Waals surface area contributed by atoms with Crippen molar-refractivity contribution in [3.8, 4) is 0 Å². The highest BCUT2D eigenvalue weighted by molar-refractivity contribution is 5.81. The molecule has 1 radical (unpaired) electrons. The molecule has 0 aliphatic heterocycles. The van der Waals surface area contributed by atoms with Crippen LogP contribution in [0.3, 0.4) is 0 Å². The van der Waals surface area contributed by atoms with Crippen molar-refractivity contribution in [2.24, 2.45) is 5.92 Å². The lowest BCUT2D eigenvalue weighted by molar-refractivity contribution is 0.311. The number of hydrogen-bond acceptors (Lipinski definition) is 2. The summed E-state index contributed by atoms with van der Waals surface area (Å²) < 4.78 is 13.7. The van der Waals surface area contributed by atoms with E-state index in [1.54, 1.807) is 18.1 Å². The van der Waals surface area contributed by atoms with E-state index in [4.69, 9.17) is 4.98 Å². The Morgan fingerprint density at radius 2 is 1.84 bits per heavy atom. The van der Waals surface area contributed by atoms with Crippen LogP contribution in [0.15, 0.2) is 30.3 Å². The van der Waals surface area contributed by atoms with Crippen molar-refractivity contribution in [3.63, 3.8) is 0 Å². The molecule has 32 heavy (non-hydrogen) atoms. The summed E-state index contributed by atoms with van der Waals surface area (Å²) in [5, 5.41) is 0. The molecule has 0 bridgehead atoms. The normalized spacial score (nSPS) is 16.9. The summed E-state index contributed by atoms with van der Waals surface area (Å²) in [6.45, 7) is 11.0. The predicted molar refractivity (Wildman–Crippen MR) is 132 cm³/mol. The molecule has 1 aromatic heterocycles. The number of aryl methyl sites for hydroxylation is 4. The zero-order valence-electron chi connectivity index (χ0n) is 20.3. The molecule has 0 amide bonds. The lowest BCUT2D eigenvalue weighted by Gasteiger charge is -2.37. The van der Waals surface area contributed by atoms with E-state index >= 15 is 0 Å². The van der Waals surface area contributed by atoms with E-state index in [0.29, 0.717) is 11.8 Å². The number of nitrogens with one attached hydrogen (secondary N) is 1. The topological polar surface area (TPSA) is 31.9 Å². The molecule has 2 aromatic carbocycles. The van der Waals surface area contributed by atoms with Crippen LogP contribution in [0.5, 0.6) is 0 Å². The van der Waals surface area contributed by atoms with Crippen molar-refractivity contribution in [3.05, 3.63) is 70.1 Å². The van der Waals surface area contributed by atoms with Crippen LogP contribution in [0.4, 0.5) is 4.39 Å². The molecule has 0 unspecified atom stereocenters. The first-order chi connectivity index (χ1) is 15.3. The maximum absolute atomic E-state index is 13.7. The number of rotatable bonds is 8. The van der Waals surface area contributed by atoms with Crippen LogP contribution in [0, 0.1) is 31.5 Å². The Bertz CT molecular complexity index is 1030. The summed E-state index contributed by atoms with van der Waals surface area (Å²) in [5.41, 5.74) is 7.34. The van der Waals surface area contributed by atoms with Gasteiger partial charge in [0.1, 0.15) is 11.6 Å². The Kier molecular flexibility index (Phi) is 6.99. The quantitative estimate of drug-likeness (QED) is 0.437. The van der Waals surface area contributed by atoms with E-state index in [-0.39, 0.29) is 5.82 Å². The zero-order valence-corrected chi connectivity index (χ0v) is 20.3. The van der Waals surface area contributed by atoms with Crippen LogP contribution >= 0.6 is 0 Å². The summed E-state index contributed by atoms with van der Waals surface area (Å²) in [4.78, 5) is 10.8. The van der Waals surface area contributed by atoms with Gasteiger partial charge in [-0.3, -0.25) is 0 Å². The standard InChI is InChI=1S/C28H37FN3/c1-18(2)26-21(10-11-22-17-23(29)12-13-24(22)26)14-16-32(5)15-6-7-25-30-27-19(3)8-9-20(4)28(27)31-25/h8-9,12-13,17-18,26H,6-7,10-11,14-16H2,1-5H3,(H,30,31)/t26-/m1/s1. The third-order valence-corrected chi connectivity index (χ3v) is 7.13. The fourth-order valence-corrected chi connectivity index (χ4v) is 5.36. The van der Waals surface area contributed by atoms with Crippen molar-refractivity contribution in [2.45, 2.75) is 65.7 Å². The first-order valence-electron chi connectivity index (χ1n) is 12.1. The van der Waals surface area contributed by atoms with Crippen LogP contribution in [0.1, 0.15) is 67.1 Å². The van der Waals surface area contributed by atoms with Gasteiger partial charge in [-0.25, -0.2) is 9.37 Å². The van der Waals surface area contributed by atoms with Crippen molar-refractivity contribution < 1.29 is 4.39 Å². The van der Waals surface area contributed by atoms with Gasteiger partial charge in [0.15, 0.2) is 0 Å². The Labute approximate surface area is 192 Å². The van der Waals surface area contributed by atoms with Gasteiger partial charge in [-0.15, -0.1) is 0 Å². The number of halogens is 1. The van der Waals surface area contributed by atoms with Crippen LogP contribution in [0.2, 0.25) is 0 Å². The van der Waals surface area contributed by atoms with E-state index < -0.39 is 0 Å². The minimum atomic E-state index is -0.107. The van der Waals surface area contributed by atoms with E-state index in [2.05, 4.69) is 56.8 Å². The number of aromatic nitrogens is 2. The zero-order chi connectivity index (χ0) is 22.8. The number of benzene rings is 2. The largest absolute Gasteiger partial charge is 0.342 e. The van der Waals surface area contributed by atoms with Gasteiger partial charge in [-0.05, 0) is 112 Å². The Hall–Kier alpha value is -2.20. The molecule has 0 saturated carbocycles. The number of hydrogen-bond donors (Lipinski definition) is 1. The molecule has 171 valence electrons. The molecule has 1 heterocycles. The molecule has 1 N–H and O–H groups in total. The minimum Gasteiger partial charge on any atom is -0.342 e. The van der Waals surface area contributed by atoms with E-state index in [0.717, 1.165) is 56.5 Å². The maximum Gasteiger partial charge on any atom is 0.123 e. The number of H-pyrrole nitrogens is 1. The SMILES string of the molecule is Cc1ccc(C)c2[nH]c(CCCN(C)CC[C]3CCc4cc(F)ccc4[C@@H]3C(C)C)nc12. The molecular formula is C28H37FN3. The molecule has 4 rings (SSSR count). The Balaban J connectivity index is 1.30. The van der Waals surface area contributed by atoms with Crippen LogP contribution in [0.25, 0.3) is 11.0 Å². The molecule has 3 aromatic rings. The van der Waals surface area contributed by atoms with Gasteiger partial charge >= 0.3 is 0 Å². The second kappa shape index (κ2) is 9.74. The summed E-state index contributed by atoms with van der Waals surface area (Å²) in [6, 6.07) is 9.71. The molecule has 0 fully saturated rings. The fraction of sp³-hybridized carbons (Fsp3) is 0.500. The summed E-state index contributed by atoms with van der Waals surface area (Å²) >= 11 is 0. The van der Waals surface area contributed by atoms with E-state index in [9.17, 15) is 4.39 Å². The van der Waals surface area contributed by atoms with E-state index in [1.807, 2.05) is 6.07 Å². The summed E-state index contributed by atoms with van der Waals surface area (Å²) in [6.07, 6.45) is 5.26. The first kappa shape index (κ1) is 23.0. The smallest absolute Gasteiger partial charge is 0.123 e. The third kappa shape index (κ3) is 4.91. The van der Waals surface area contributed by atoms with Gasteiger partial charge < -0.3 is 9.88 Å². The first-order valence-corrected chi connectivity index (χ1v) is 12.1. The highest BCUT2D eigenvalue weighted by Crippen LogP contribution is 2.44. The van der Waals surface area contributed by atoms with Gasteiger partial charge in [0, 0.05) is 6.42 Å². The molecule has 4 heteroatoms. The second-order valence-corrected chi connectivity index (χ2v) is 9.99. The predicted octanol–water partition coefficient (Wildman–Crippen LogP) is 6.53. The molecular weight excluding hydrogens is 397 g/mol. The van der Waals surface area contributed by atoms with Crippen LogP contribution < -0.4 is 0 Å². The number of nitrogens with zero attached hydrogens (tertiary/aromatic N) is 2. The van der Waals surface area contributed by atoms with Gasteiger partial charge in [-0.2, -0.15) is 0 Å². The average molecular weight is 435 g/mol. The van der Waals surface area contributed by atoms with Gasteiger partial charge in [-0.1, -0.05) is 32.0 Å². The highest BCUT2D eigenvalue weighted by Gasteiger charge is 2.32. The van der Waals surface area contributed by atoms with Crippen molar-refractivity contribution in [1.29, 1.82) is 0 Å².